The number of nitrogens with one attached hydrogen (secondary N) is 1. The molecule has 2 aromatic rings. The van der Waals surface area contributed by atoms with Crippen LogP contribution in [0, 0.1) is 0 Å². The van der Waals surface area contributed by atoms with Gasteiger partial charge in [0.25, 0.3) is 5.91 Å². The third-order valence-electron chi connectivity index (χ3n) is 3.43. The zero-order valence-corrected chi connectivity index (χ0v) is 12.1. The summed E-state index contributed by atoms with van der Waals surface area (Å²) in [6.07, 6.45) is 1.22. The fourth-order valence-electron chi connectivity index (χ4n) is 2.25. The average Bonchev–Trinajstić information content (AvgIpc) is 3.18. The van der Waals surface area contributed by atoms with E-state index in [1.807, 2.05) is 13.8 Å². The van der Waals surface area contributed by atoms with E-state index in [1.165, 1.54) is 6.26 Å². The number of morpholine rings is 1. The lowest BCUT2D eigenvalue weighted by atomic mass is 10.2. The van der Waals surface area contributed by atoms with Gasteiger partial charge in [0.1, 0.15) is 6.10 Å². The van der Waals surface area contributed by atoms with Gasteiger partial charge in [0.2, 0.25) is 0 Å². The maximum absolute atomic E-state index is 12.3. The summed E-state index contributed by atoms with van der Waals surface area (Å²) in [5.74, 6) is 1.88. The third kappa shape index (κ3) is 2.82. The van der Waals surface area contributed by atoms with E-state index in [4.69, 9.17) is 9.15 Å². The lowest BCUT2D eigenvalue weighted by Crippen LogP contribution is -2.42. The van der Waals surface area contributed by atoms with Crippen LogP contribution in [0.5, 0.6) is 0 Å². The second-order valence-corrected chi connectivity index (χ2v) is 5.32. The number of hydrogen-bond donors (Lipinski definition) is 1. The van der Waals surface area contributed by atoms with E-state index >= 15 is 0 Å². The Balaban J connectivity index is 1.72. The molecule has 3 heterocycles. The van der Waals surface area contributed by atoms with Gasteiger partial charge < -0.3 is 14.1 Å². The second-order valence-electron chi connectivity index (χ2n) is 5.32. The number of nitrogens with zero attached hydrogens (tertiary/aromatic N) is 3. The zero-order chi connectivity index (χ0) is 14.8. The Labute approximate surface area is 122 Å². The van der Waals surface area contributed by atoms with Gasteiger partial charge in [-0.25, -0.2) is 4.98 Å². The minimum absolute atomic E-state index is 0.128. The number of amides is 1. The molecule has 21 heavy (non-hydrogen) atoms. The van der Waals surface area contributed by atoms with Gasteiger partial charge in [0, 0.05) is 12.5 Å². The van der Waals surface area contributed by atoms with Crippen LogP contribution >= 0.6 is 0 Å². The summed E-state index contributed by atoms with van der Waals surface area (Å²) < 4.78 is 10.9. The first-order valence-corrected chi connectivity index (χ1v) is 7.01. The summed E-state index contributed by atoms with van der Waals surface area (Å²) in [5, 5.41) is 7.08. The highest BCUT2D eigenvalue weighted by molar-refractivity contribution is 5.91. The molecule has 0 aromatic carbocycles. The number of H-pyrrole nitrogens is 1. The van der Waals surface area contributed by atoms with Gasteiger partial charge in [-0.1, -0.05) is 13.8 Å². The number of aromatic nitrogens is 3. The largest absolute Gasteiger partial charge is 0.459 e. The molecule has 0 radical (unpaired) electrons. The molecule has 7 heteroatoms. The van der Waals surface area contributed by atoms with Crippen LogP contribution in [0.2, 0.25) is 0 Å². The van der Waals surface area contributed by atoms with Crippen LogP contribution in [0.25, 0.3) is 0 Å². The highest BCUT2D eigenvalue weighted by atomic mass is 16.5. The van der Waals surface area contributed by atoms with Crippen molar-refractivity contribution in [1.29, 1.82) is 0 Å². The lowest BCUT2D eigenvalue weighted by Gasteiger charge is -2.31. The molecule has 1 amide bonds. The molecule has 0 bridgehead atoms. The lowest BCUT2D eigenvalue weighted by molar-refractivity contribution is -0.0275. The first-order chi connectivity index (χ1) is 10.1. The normalized spacial score (nSPS) is 19.2. The molecule has 0 saturated carbocycles. The van der Waals surface area contributed by atoms with E-state index in [1.54, 1.807) is 17.0 Å². The summed E-state index contributed by atoms with van der Waals surface area (Å²) in [7, 11) is 0. The molecular weight excluding hydrogens is 272 g/mol. The van der Waals surface area contributed by atoms with E-state index in [0.29, 0.717) is 31.3 Å². The van der Waals surface area contributed by atoms with Crippen molar-refractivity contribution in [2.75, 3.05) is 19.7 Å². The van der Waals surface area contributed by atoms with Crippen molar-refractivity contribution >= 4 is 5.91 Å². The smallest absolute Gasteiger partial charge is 0.289 e. The number of rotatable bonds is 3. The molecule has 1 fully saturated rings. The Bertz CT molecular complexity index is 606. The molecule has 7 nitrogen and oxygen atoms in total. The Kier molecular flexibility index (Phi) is 3.74. The summed E-state index contributed by atoms with van der Waals surface area (Å²) in [4.78, 5) is 18.4. The van der Waals surface area contributed by atoms with Crippen LogP contribution in [-0.4, -0.2) is 45.7 Å². The summed E-state index contributed by atoms with van der Waals surface area (Å²) in [5.41, 5.74) is 0. The summed E-state index contributed by atoms with van der Waals surface area (Å²) in [6.45, 7) is 5.51. The fraction of sp³-hybridized carbons (Fsp3) is 0.500. The van der Waals surface area contributed by atoms with Crippen LogP contribution < -0.4 is 0 Å². The average molecular weight is 290 g/mol. The van der Waals surface area contributed by atoms with Crippen LogP contribution in [0.3, 0.4) is 0 Å². The van der Waals surface area contributed by atoms with Crippen molar-refractivity contribution in [2.45, 2.75) is 25.9 Å². The molecule has 112 valence electrons. The SMILES string of the molecule is CC(C)c1n[nH]c([C@H]2CN(C(=O)c3ccco3)CCO2)n1. The van der Waals surface area contributed by atoms with Crippen molar-refractivity contribution in [2.24, 2.45) is 0 Å². The van der Waals surface area contributed by atoms with Gasteiger partial charge in [-0.3, -0.25) is 9.89 Å². The first kappa shape index (κ1) is 13.8. The third-order valence-corrected chi connectivity index (χ3v) is 3.43. The van der Waals surface area contributed by atoms with E-state index in [-0.39, 0.29) is 17.9 Å². The van der Waals surface area contributed by atoms with Crippen LogP contribution in [0.4, 0.5) is 0 Å². The molecule has 1 N–H and O–H groups in total. The van der Waals surface area contributed by atoms with Crippen LogP contribution in [0.15, 0.2) is 22.8 Å². The molecular formula is C14H18N4O3. The predicted molar refractivity (Wildman–Crippen MR) is 73.8 cm³/mol. The van der Waals surface area contributed by atoms with Gasteiger partial charge in [0.15, 0.2) is 17.4 Å². The Hall–Kier alpha value is -2.15. The molecule has 0 unspecified atom stereocenters. The molecule has 2 aromatic heterocycles. The van der Waals surface area contributed by atoms with Crippen molar-refractivity contribution in [3.05, 3.63) is 35.8 Å². The van der Waals surface area contributed by atoms with E-state index in [2.05, 4.69) is 15.2 Å². The molecule has 1 atom stereocenters. The van der Waals surface area contributed by atoms with Gasteiger partial charge in [-0.15, -0.1) is 0 Å². The number of hydrogen-bond acceptors (Lipinski definition) is 5. The van der Waals surface area contributed by atoms with Gasteiger partial charge in [0.05, 0.1) is 19.4 Å². The van der Waals surface area contributed by atoms with E-state index < -0.39 is 0 Å². The highest BCUT2D eigenvalue weighted by Crippen LogP contribution is 2.22. The van der Waals surface area contributed by atoms with Crippen molar-refractivity contribution in [3.63, 3.8) is 0 Å². The minimum atomic E-state index is -0.280. The highest BCUT2D eigenvalue weighted by Gasteiger charge is 2.29. The Morgan fingerprint density at radius 2 is 2.38 bits per heavy atom. The quantitative estimate of drug-likeness (QED) is 0.930. The van der Waals surface area contributed by atoms with Gasteiger partial charge >= 0.3 is 0 Å². The number of ether oxygens (including phenoxy) is 1. The summed E-state index contributed by atoms with van der Waals surface area (Å²) in [6, 6.07) is 3.37. The molecule has 0 aliphatic carbocycles. The van der Waals surface area contributed by atoms with Crippen molar-refractivity contribution < 1.29 is 13.9 Å². The topological polar surface area (TPSA) is 84.2 Å². The maximum Gasteiger partial charge on any atom is 0.289 e. The van der Waals surface area contributed by atoms with Crippen molar-refractivity contribution in [1.82, 2.24) is 20.1 Å². The Morgan fingerprint density at radius 3 is 3.05 bits per heavy atom. The fourth-order valence-corrected chi connectivity index (χ4v) is 2.25. The molecule has 3 rings (SSSR count). The van der Waals surface area contributed by atoms with E-state index in [9.17, 15) is 4.79 Å². The van der Waals surface area contributed by atoms with Crippen molar-refractivity contribution in [3.8, 4) is 0 Å². The van der Waals surface area contributed by atoms with Gasteiger partial charge in [-0.2, -0.15) is 5.10 Å². The standard InChI is InChI=1S/C14H18N4O3/c1-9(2)12-15-13(17-16-12)11-8-18(5-7-21-11)14(19)10-4-3-6-20-10/h3-4,6,9,11H,5,7-8H2,1-2H3,(H,15,16,17)/t11-/m1/s1. The predicted octanol–water partition coefficient (Wildman–Crippen LogP) is 1.73. The monoisotopic (exact) mass is 290 g/mol. The zero-order valence-electron chi connectivity index (χ0n) is 12.1. The maximum atomic E-state index is 12.3. The number of carbonyl (C=O) groups is 1. The molecule has 1 saturated heterocycles. The number of furan rings is 1. The molecule has 1 aliphatic heterocycles. The first-order valence-electron chi connectivity index (χ1n) is 7.01. The van der Waals surface area contributed by atoms with E-state index in [0.717, 1.165) is 5.82 Å². The minimum Gasteiger partial charge on any atom is -0.459 e. The van der Waals surface area contributed by atoms with Gasteiger partial charge in [-0.05, 0) is 12.1 Å². The number of aromatic amines is 1. The van der Waals surface area contributed by atoms with Crippen LogP contribution in [-0.2, 0) is 4.74 Å². The Morgan fingerprint density at radius 1 is 1.52 bits per heavy atom. The summed E-state index contributed by atoms with van der Waals surface area (Å²) >= 11 is 0. The molecule has 0 spiro atoms. The molecule has 1 aliphatic rings. The van der Waals surface area contributed by atoms with Crippen LogP contribution in [0.1, 0.15) is 48.1 Å². The second kappa shape index (κ2) is 5.69. The number of carbonyl (C=O) groups excluding carboxylic acids is 1.